The monoisotopic (exact) mass is 324 g/mol. The van der Waals surface area contributed by atoms with Gasteiger partial charge >= 0.3 is 6.18 Å². The summed E-state index contributed by atoms with van der Waals surface area (Å²) in [7, 11) is -2.65. The Morgan fingerprint density at radius 3 is 2.24 bits per heavy atom. The van der Waals surface area contributed by atoms with Gasteiger partial charge in [-0.3, -0.25) is 0 Å². The molecule has 1 aliphatic rings. The average Bonchev–Trinajstić information content (AvgIpc) is 2.83. The zero-order chi connectivity index (χ0) is 15.8. The minimum absolute atomic E-state index is 0.239. The van der Waals surface area contributed by atoms with Gasteiger partial charge in [-0.1, -0.05) is 0 Å². The van der Waals surface area contributed by atoms with Gasteiger partial charge in [0, 0.05) is 20.1 Å². The molecule has 0 aliphatic carbocycles. The van der Waals surface area contributed by atoms with Crippen LogP contribution >= 0.6 is 0 Å². The van der Waals surface area contributed by atoms with Gasteiger partial charge in [0.15, 0.2) is 0 Å². The number of aliphatic hydroxyl groups is 1. The molecule has 0 spiro atoms. The molecule has 118 valence electrons. The van der Waals surface area contributed by atoms with Crippen molar-refractivity contribution < 1.29 is 26.7 Å². The lowest BCUT2D eigenvalue weighted by Crippen LogP contribution is -2.44. The summed E-state index contributed by atoms with van der Waals surface area (Å²) in [6.07, 6.45) is -5.36. The highest BCUT2D eigenvalue weighted by Crippen LogP contribution is 2.30. The number of β-amino-alcohol motifs (C(OH)–C–C–N with tert-alkyl or cyclic N) is 1. The predicted molar refractivity (Wildman–Crippen MR) is 69.1 cm³/mol. The molecular formula is C12H15F3N2O3S. The molecule has 1 fully saturated rings. The number of benzene rings is 1. The van der Waals surface area contributed by atoms with Crippen molar-refractivity contribution in [3.8, 4) is 0 Å². The van der Waals surface area contributed by atoms with Crippen molar-refractivity contribution in [3.05, 3.63) is 29.8 Å². The first kappa shape index (κ1) is 16.2. The number of nitrogens with zero attached hydrogens (tertiary/aromatic N) is 1. The van der Waals surface area contributed by atoms with Crippen LogP contribution in [0.4, 0.5) is 13.2 Å². The topological polar surface area (TPSA) is 69.6 Å². The van der Waals surface area contributed by atoms with Gasteiger partial charge in [0.05, 0.1) is 22.6 Å². The van der Waals surface area contributed by atoms with Gasteiger partial charge in [0.2, 0.25) is 10.0 Å². The fourth-order valence-electron chi connectivity index (χ4n) is 2.18. The Bertz CT molecular complexity index is 601. The Morgan fingerprint density at radius 1 is 1.24 bits per heavy atom. The normalized spacial score (nSPS) is 23.7. The lowest BCUT2D eigenvalue weighted by molar-refractivity contribution is -0.137. The summed E-state index contributed by atoms with van der Waals surface area (Å²) in [6.45, 7) is 0.565. The first-order valence-electron chi connectivity index (χ1n) is 6.18. The Labute approximate surface area is 120 Å². The number of sulfonamides is 1. The maximum absolute atomic E-state index is 12.5. The zero-order valence-electron chi connectivity index (χ0n) is 11.1. The lowest BCUT2D eigenvalue weighted by atomic mass is 10.2. The third-order valence-electron chi connectivity index (χ3n) is 3.48. The van der Waals surface area contributed by atoms with Crippen LogP contribution in [0.3, 0.4) is 0 Å². The molecule has 5 nitrogen and oxygen atoms in total. The van der Waals surface area contributed by atoms with E-state index in [1.165, 1.54) is 7.05 Å². The summed E-state index contributed by atoms with van der Waals surface area (Å²) in [5.74, 6) is 0. The van der Waals surface area contributed by atoms with Crippen molar-refractivity contribution in [2.75, 3.05) is 20.1 Å². The largest absolute Gasteiger partial charge is 0.416 e. The van der Waals surface area contributed by atoms with E-state index in [0.29, 0.717) is 0 Å². The van der Waals surface area contributed by atoms with Crippen LogP contribution in [0.1, 0.15) is 5.56 Å². The highest BCUT2D eigenvalue weighted by Gasteiger charge is 2.36. The molecule has 2 rings (SSSR count). The minimum atomic E-state index is -4.51. The van der Waals surface area contributed by atoms with Crippen LogP contribution in [0, 0.1) is 0 Å². The molecule has 9 heteroatoms. The number of hydrogen-bond donors (Lipinski definition) is 2. The van der Waals surface area contributed by atoms with Crippen LogP contribution in [0.15, 0.2) is 29.2 Å². The quantitative estimate of drug-likeness (QED) is 0.857. The standard InChI is InChI=1S/C12H15F3N2O3S/c1-17(10-6-16-7-11(10)18)21(19,20)9-4-2-8(3-5-9)12(13,14)15/h2-5,10-11,16,18H,6-7H2,1H3/t10-,11-/m0/s1. The van der Waals surface area contributed by atoms with E-state index in [0.717, 1.165) is 28.6 Å². The lowest BCUT2D eigenvalue weighted by Gasteiger charge is -2.25. The number of halogens is 3. The molecule has 1 heterocycles. The van der Waals surface area contributed by atoms with E-state index in [9.17, 15) is 26.7 Å². The molecule has 1 saturated heterocycles. The zero-order valence-corrected chi connectivity index (χ0v) is 11.9. The summed E-state index contributed by atoms with van der Waals surface area (Å²) >= 11 is 0. The summed E-state index contributed by atoms with van der Waals surface area (Å²) in [5.41, 5.74) is -0.910. The van der Waals surface area contributed by atoms with E-state index in [1.807, 2.05) is 0 Å². The number of rotatable bonds is 3. The van der Waals surface area contributed by atoms with Crippen molar-refractivity contribution in [1.82, 2.24) is 9.62 Å². The highest BCUT2D eigenvalue weighted by molar-refractivity contribution is 7.89. The molecule has 1 aromatic rings. The van der Waals surface area contributed by atoms with Crippen LogP contribution in [-0.4, -0.2) is 50.1 Å². The van der Waals surface area contributed by atoms with Gasteiger partial charge in [0.1, 0.15) is 0 Å². The Morgan fingerprint density at radius 2 is 1.81 bits per heavy atom. The van der Waals surface area contributed by atoms with Crippen LogP contribution in [0.2, 0.25) is 0 Å². The fourth-order valence-corrected chi connectivity index (χ4v) is 3.57. The molecule has 0 amide bonds. The SMILES string of the molecule is CN([C@H]1CNC[C@@H]1O)S(=O)(=O)c1ccc(C(F)(F)F)cc1. The van der Waals surface area contributed by atoms with E-state index in [2.05, 4.69) is 5.32 Å². The molecule has 0 bridgehead atoms. The maximum Gasteiger partial charge on any atom is 0.416 e. The first-order chi connectivity index (χ1) is 9.64. The average molecular weight is 324 g/mol. The van der Waals surface area contributed by atoms with E-state index in [-0.39, 0.29) is 18.0 Å². The van der Waals surface area contributed by atoms with Crippen molar-refractivity contribution in [2.24, 2.45) is 0 Å². The van der Waals surface area contributed by atoms with Crippen LogP contribution in [0.25, 0.3) is 0 Å². The second-order valence-electron chi connectivity index (χ2n) is 4.84. The molecule has 0 saturated carbocycles. The van der Waals surface area contributed by atoms with Gasteiger partial charge in [-0.05, 0) is 24.3 Å². The number of hydrogen-bond acceptors (Lipinski definition) is 4. The summed E-state index contributed by atoms with van der Waals surface area (Å²) in [6, 6.07) is 2.65. The fraction of sp³-hybridized carbons (Fsp3) is 0.500. The first-order valence-corrected chi connectivity index (χ1v) is 7.62. The Balaban J connectivity index is 2.27. The van der Waals surface area contributed by atoms with Gasteiger partial charge < -0.3 is 10.4 Å². The van der Waals surface area contributed by atoms with Crippen molar-refractivity contribution in [3.63, 3.8) is 0 Å². The van der Waals surface area contributed by atoms with Gasteiger partial charge in [-0.15, -0.1) is 0 Å². The van der Waals surface area contributed by atoms with E-state index < -0.39 is 33.9 Å². The minimum Gasteiger partial charge on any atom is -0.390 e. The van der Waals surface area contributed by atoms with Crippen LogP contribution < -0.4 is 5.32 Å². The Hall–Kier alpha value is -1.16. The third-order valence-corrected chi connectivity index (χ3v) is 5.37. The maximum atomic E-state index is 12.5. The highest BCUT2D eigenvalue weighted by atomic mass is 32.2. The number of alkyl halides is 3. The molecule has 2 N–H and O–H groups in total. The van der Waals surface area contributed by atoms with Crippen LogP contribution in [-0.2, 0) is 16.2 Å². The second kappa shape index (κ2) is 5.56. The molecule has 0 unspecified atom stereocenters. The number of nitrogens with one attached hydrogen (secondary N) is 1. The van der Waals surface area contributed by atoms with E-state index >= 15 is 0 Å². The van der Waals surface area contributed by atoms with Crippen molar-refractivity contribution in [2.45, 2.75) is 23.2 Å². The summed E-state index contributed by atoms with van der Waals surface area (Å²) in [4.78, 5) is -0.239. The van der Waals surface area contributed by atoms with E-state index in [4.69, 9.17) is 0 Å². The third kappa shape index (κ3) is 3.20. The van der Waals surface area contributed by atoms with Gasteiger partial charge in [0.25, 0.3) is 0 Å². The summed E-state index contributed by atoms with van der Waals surface area (Å²) in [5, 5.41) is 12.6. The van der Waals surface area contributed by atoms with Crippen molar-refractivity contribution in [1.29, 1.82) is 0 Å². The van der Waals surface area contributed by atoms with Gasteiger partial charge in [-0.25, -0.2) is 8.42 Å². The molecular weight excluding hydrogens is 309 g/mol. The van der Waals surface area contributed by atoms with E-state index in [1.54, 1.807) is 0 Å². The predicted octanol–water partition coefficient (Wildman–Crippen LogP) is 0.659. The second-order valence-corrected chi connectivity index (χ2v) is 6.83. The molecule has 2 atom stereocenters. The molecule has 21 heavy (non-hydrogen) atoms. The molecule has 1 aromatic carbocycles. The smallest absolute Gasteiger partial charge is 0.390 e. The van der Waals surface area contributed by atoms with Crippen LogP contribution in [0.5, 0.6) is 0 Å². The summed E-state index contributed by atoms with van der Waals surface area (Å²) < 4.78 is 63.1. The molecule has 0 radical (unpaired) electrons. The Kier molecular flexibility index (Phi) is 4.29. The molecule has 0 aromatic heterocycles. The van der Waals surface area contributed by atoms with Gasteiger partial charge in [-0.2, -0.15) is 17.5 Å². The van der Waals surface area contributed by atoms with Crippen molar-refractivity contribution >= 4 is 10.0 Å². The number of likely N-dealkylation sites (N-methyl/N-ethyl adjacent to an activating group) is 1. The number of aliphatic hydroxyl groups excluding tert-OH is 1. The molecule has 1 aliphatic heterocycles.